The van der Waals surface area contributed by atoms with Crippen molar-refractivity contribution < 1.29 is 32.2 Å². The van der Waals surface area contributed by atoms with E-state index in [1.165, 1.54) is 35.6 Å². The van der Waals surface area contributed by atoms with E-state index in [9.17, 15) is 18.0 Å². The van der Waals surface area contributed by atoms with E-state index in [2.05, 4.69) is 26.1 Å². The lowest BCUT2D eigenvalue weighted by molar-refractivity contribution is 0.0527. The number of ether oxygens (including phenoxy) is 3. The van der Waals surface area contributed by atoms with Crippen LogP contribution in [0.1, 0.15) is 83.7 Å². The molecule has 2 aromatic carbocycles. The van der Waals surface area contributed by atoms with Crippen molar-refractivity contribution >= 4 is 38.2 Å². The topological polar surface area (TPSA) is 111 Å². The van der Waals surface area contributed by atoms with Crippen molar-refractivity contribution in [2.75, 3.05) is 25.3 Å². The molecule has 0 spiro atoms. The van der Waals surface area contributed by atoms with E-state index in [1.54, 1.807) is 11.2 Å². The second kappa shape index (κ2) is 11.2. The highest BCUT2D eigenvalue weighted by atomic mass is 32.2. The van der Waals surface area contributed by atoms with Gasteiger partial charge in [-0.2, -0.15) is 4.31 Å². The molecule has 1 amide bonds. The van der Waals surface area contributed by atoms with Gasteiger partial charge in [0.15, 0.2) is 11.5 Å². The highest BCUT2D eigenvalue weighted by Gasteiger charge is 2.53. The number of benzene rings is 2. The van der Waals surface area contributed by atoms with Gasteiger partial charge in [-0.3, -0.25) is 4.79 Å². The van der Waals surface area contributed by atoms with Crippen molar-refractivity contribution in [3.63, 3.8) is 0 Å². The number of sulfonamides is 1. The van der Waals surface area contributed by atoms with Crippen LogP contribution < -0.4 is 14.8 Å². The Labute approximate surface area is 262 Å². The molecule has 0 radical (unpaired) electrons. The van der Waals surface area contributed by atoms with Crippen LogP contribution in [0.4, 0.5) is 5.00 Å². The molecule has 3 aliphatic rings. The van der Waals surface area contributed by atoms with E-state index < -0.39 is 21.9 Å². The molecule has 6 rings (SSSR count). The number of fused-ring (bicyclic) bond motifs is 3. The van der Waals surface area contributed by atoms with Gasteiger partial charge in [0, 0.05) is 29.4 Å². The summed E-state index contributed by atoms with van der Waals surface area (Å²) in [5, 5.41) is 3.27. The van der Waals surface area contributed by atoms with E-state index in [-0.39, 0.29) is 40.7 Å². The first-order valence-electron chi connectivity index (χ1n) is 14.9. The van der Waals surface area contributed by atoms with Crippen LogP contribution in [0.3, 0.4) is 0 Å². The summed E-state index contributed by atoms with van der Waals surface area (Å²) in [6.07, 6.45) is 3.23. The maximum Gasteiger partial charge on any atom is 0.341 e. The highest BCUT2D eigenvalue weighted by molar-refractivity contribution is 7.89. The number of hydrogen-bond donors (Lipinski definition) is 1. The maximum atomic E-state index is 13.7. The Bertz CT molecular complexity index is 1730. The van der Waals surface area contributed by atoms with Crippen molar-refractivity contribution in [3.05, 3.63) is 69.6 Å². The van der Waals surface area contributed by atoms with Crippen LogP contribution in [0.25, 0.3) is 0 Å². The predicted octanol–water partition coefficient (Wildman–Crippen LogP) is 6.39. The predicted molar refractivity (Wildman–Crippen MR) is 168 cm³/mol. The fraction of sp³-hybridized carbons (Fsp3) is 0.455. The minimum Gasteiger partial charge on any atom is -0.462 e. The van der Waals surface area contributed by atoms with Crippen LogP contribution >= 0.6 is 11.3 Å². The van der Waals surface area contributed by atoms with E-state index in [0.29, 0.717) is 35.0 Å². The van der Waals surface area contributed by atoms with Crippen molar-refractivity contribution in [1.29, 1.82) is 0 Å². The van der Waals surface area contributed by atoms with Crippen LogP contribution in [0.2, 0.25) is 0 Å². The fourth-order valence-electron chi connectivity index (χ4n) is 7.28. The van der Waals surface area contributed by atoms with Crippen LogP contribution in [-0.2, 0) is 21.2 Å². The zero-order valence-electron chi connectivity index (χ0n) is 25.7. The molecule has 1 N–H and O–H groups in total. The molecule has 234 valence electrons. The highest BCUT2D eigenvalue weighted by Crippen LogP contribution is 2.53. The van der Waals surface area contributed by atoms with Crippen molar-refractivity contribution in [3.8, 4) is 11.5 Å². The third-order valence-electron chi connectivity index (χ3n) is 8.84. The second-order valence-electron chi connectivity index (χ2n) is 13.2. The average molecular weight is 639 g/mol. The Kier molecular flexibility index (Phi) is 7.78. The first-order valence-corrected chi connectivity index (χ1v) is 17.2. The van der Waals surface area contributed by atoms with Gasteiger partial charge in [0.05, 0.1) is 17.1 Å². The third-order valence-corrected chi connectivity index (χ3v) is 12.0. The molecule has 11 heteroatoms. The molecule has 2 fully saturated rings. The molecule has 44 heavy (non-hydrogen) atoms. The summed E-state index contributed by atoms with van der Waals surface area (Å²) in [5.74, 6) is 0.411. The van der Waals surface area contributed by atoms with E-state index in [1.807, 2.05) is 25.1 Å². The lowest BCUT2D eigenvalue weighted by atomic mass is 9.65. The summed E-state index contributed by atoms with van der Waals surface area (Å²) in [6, 6.07) is 11.7. The average Bonchev–Trinajstić information content (AvgIpc) is 3.61. The normalized spacial score (nSPS) is 22.2. The number of anilines is 1. The molecule has 3 heterocycles. The number of hydrogen-bond acceptors (Lipinski definition) is 8. The minimum absolute atomic E-state index is 0.0213. The number of thiophene rings is 1. The standard InChI is InChI=1S/C33H38N2O7S2/c1-6-40-31(37)28-20(2)27(14-21-7-12-25-26(13-21)42-19-41-25)43-30(28)34-29(36)22-8-10-24(11-9-22)44(38,39)35-18-33(5)16-23(35)15-32(3,4)17-33/h7-13,23H,6,14-19H2,1-5H3,(H,34,36). The molecular weight excluding hydrogens is 601 g/mol. The number of carbonyl (C=O) groups is 2. The Morgan fingerprint density at radius 1 is 1.07 bits per heavy atom. The SMILES string of the molecule is CCOC(=O)c1c(NC(=O)c2ccc(S(=O)(=O)N3CC4(C)CC3CC(C)(C)C4)cc2)sc(Cc2ccc3c(c2)OCO3)c1C. The lowest BCUT2D eigenvalue weighted by Gasteiger charge is -2.39. The maximum absolute atomic E-state index is 13.7. The van der Waals surface area contributed by atoms with Gasteiger partial charge < -0.3 is 19.5 Å². The summed E-state index contributed by atoms with van der Waals surface area (Å²) in [6.45, 7) is 11.1. The van der Waals surface area contributed by atoms with Crippen LogP contribution in [-0.4, -0.2) is 50.6 Å². The molecule has 1 saturated heterocycles. The van der Waals surface area contributed by atoms with Crippen LogP contribution in [0.5, 0.6) is 11.5 Å². The lowest BCUT2D eigenvalue weighted by Crippen LogP contribution is -2.37. The van der Waals surface area contributed by atoms with Gasteiger partial charge >= 0.3 is 5.97 Å². The summed E-state index contributed by atoms with van der Waals surface area (Å²) in [4.78, 5) is 27.4. The van der Waals surface area contributed by atoms with Gasteiger partial charge in [0.25, 0.3) is 5.91 Å². The first-order chi connectivity index (χ1) is 20.8. The molecule has 3 aromatic rings. The molecule has 1 aromatic heterocycles. The van der Waals surface area contributed by atoms with Gasteiger partial charge in [-0.25, -0.2) is 13.2 Å². The Balaban J connectivity index is 1.22. The first kappa shape index (κ1) is 30.6. The molecule has 2 atom stereocenters. The monoisotopic (exact) mass is 638 g/mol. The number of nitrogens with zero attached hydrogens (tertiary/aromatic N) is 1. The van der Waals surface area contributed by atoms with Crippen molar-refractivity contribution in [2.45, 2.75) is 71.2 Å². The summed E-state index contributed by atoms with van der Waals surface area (Å²) in [5.41, 5.74) is 2.37. The zero-order valence-corrected chi connectivity index (χ0v) is 27.3. The minimum atomic E-state index is -3.72. The van der Waals surface area contributed by atoms with Gasteiger partial charge in [0.1, 0.15) is 5.00 Å². The second-order valence-corrected chi connectivity index (χ2v) is 16.2. The zero-order chi connectivity index (χ0) is 31.4. The van der Waals surface area contributed by atoms with E-state index >= 15 is 0 Å². The number of rotatable bonds is 8. The van der Waals surface area contributed by atoms with Crippen LogP contribution in [0.15, 0.2) is 47.4 Å². The quantitative estimate of drug-likeness (QED) is 0.285. The summed E-state index contributed by atoms with van der Waals surface area (Å²) in [7, 11) is -3.72. The Hall–Kier alpha value is -3.41. The van der Waals surface area contributed by atoms with Crippen molar-refractivity contribution in [2.24, 2.45) is 10.8 Å². The van der Waals surface area contributed by atoms with E-state index in [0.717, 1.165) is 35.3 Å². The summed E-state index contributed by atoms with van der Waals surface area (Å²) >= 11 is 1.32. The van der Waals surface area contributed by atoms with Gasteiger partial charge in [-0.1, -0.05) is 26.8 Å². The molecule has 1 saturated carbocycles. The van der Waals surface area contributed by atoms with Gasteiger partial charge in [0.2, 0.25) is 16.8 Å². The van der Waals surface area contributed by atoms with Crippen molar-refractivity contribution in [1.82, 2.24) is 4.31 Å². The molecular formula is C33H38N2O7S2. The fourth-order valence-corrected chi connectivity index (χ4v) is 10.3. The number of amides is 1. The molecule has 2 unspecified atom stereocenters. The third kappa shape index (κ3) is 5.73. The smallest absolute Gasteiger partial charge is 0.341 e. The molecule has 1 aliphatic carbocycles. The Morgan fingerprint density at radius 3 is 2.52 bits per heavy atom. The molecule has 2 aliphatic heterocycles. The summed E-state index contributed by atoms with van der Waals surface area (Å²) < 4.78 is 45.3. The number of esters is 1. The number of nitrogens with one attached hydrogen (secondary N) is 1. The largest absolute Gasteiger partial charge is 0.462 e. The molecule has 9 nitrogen and oxygen atoms in total. The Morgan fingerprint density at radius 2 is 1.80 bits per heavy atom. The van der Waals surface area contributed by atoms with Gasteiger partial charge in [-0.05, 0) is 91.5 Å². The van der Waals surface area contributed by atoms with Gasteiger partial charge in [-0.15, -0.1) is 11.3 Å². The molecule has 2 bridgehead atoms. The van der Waals surface area contributed by atoms with Crippen LogP contribution in [0, 0.1) is 17.8 Å². The van der Waals surface area contributed by atoms with E-state index in [4.69, 9.17) is 14.2 Å². The number of carbonyl (C=O) groups excluding carboxylic acids is 2.